The average molecular weight is 197 g/mol. The molecule has 4 nitrogen and oxygen atoms in total. The van der Waals surface area contributed by atoms with E-state index in [9.17, 15) is 0 Å². The van der Waals surface area contributed by atoms with Gasteiger partial charge in [-0.3, -0.25) is 0 Å². The lowest BCUT2D eigenvalue weighted by Crippen LogP contribution is -2.31. The number of nitrogens with one attached hydrogen (secondary N) is 2. The molecule has 1 atom stereocenters. The Labute approximate surface area is 85.1 Å². The van der Waals surface area contributed by atoms with Crippen molar-refractivity contribution in [2.45, 2.75) is 25.8 Å². The number of ether oxygens (including phenoxy) is 1. The fourth-order valence-corrected chi connectivity index (χ4v) is 1.35. The van der Waals surface area contributed by atoms with Crippen molar-refractivity contribution in [2.75, 3.05) is 20.3 Å². The Morgan fingerprint density at radius 1 is 1.64 bits per heavy atom. The zero-order valence-corrected chi connectivity index (χ0v) is 8.92. The molecular formula is C10H19N3O. The predicted molar refractivity (Wildman–Crippen MR) is 56.2 cm³/mol. The van der Waals surface area contributed by atoms with Gasteiger partial charge in [-0.05, 0) is 19.9 Å². The predicted octanol–water partition coefficient (Wildman–Crippen LogP) is 0.967. The summed E-state index contributed by atoms with van der Waals surface area (Å²) in [6, 6.07) is 0.427. The number of H-pyrrole nitrogens is 1. The fraction of sp³-hybridized carbons (Fsp3) is 0.700. The quantitative estimate of drug-likeness (QED) is 0.640. The molecule has 1 unspecified atom stereocenters. The third kappa shape index (κ3) is 4.39. The second-order valence-electron chi connectivity index (χ2n) is 3.45. The summed E-state index contributed by atoms with van der Waals surface area (Å²) in [5, 5.41) is 3.38. The number of aromatic amines is 1. The van der Waals surface area contributed by atoms with Crippen molar-refractivity contribution in [3.8, 4) is 0 Å². The minimum Gasteiger partial charge on any atom is -0.383 e. The molecule has 1 aromatic rings. The van der Waals surface area contributed by atoms with Crippen LogP contribution in [0.15, 0.2) is 12.4 Å². The number of nitrogens with zero attached hydrogens (tertiary/aromatic N) is 1. The fourth-order valence-electron chi connectivity index (χ4n) is 1.35. The summed E-state index contributed by atoms with van der Waals surface area (Å²) in [6.07, 6.45) is 5.74. The molecule has 0 fully saturated rings. The van der Waals surface area contributed by atoms with Crippen LogP contribution in [0.4, 0.5) is 0 Å². The number of hydrogen-bond donors (Lipinski definition) is 2. The van der Waals surface area contributed by atoms with Crippen LogP contribution in [0.5, 0.6) is 0 Å². The number of aryl methyl sites for hydroxylation is 1. The number of hydrogen-bond acceptors (Lipinski definition) is 3. The minimum atomic E-state index is 0.427. The van der Waals surface area contributed by atoms with E-state index in [1.807, 2.05) is 6.20 Å². The zero-order valence-electron chi connectivity index (χ0n) is 8.92. The Kier molecular flexibility index (Phi) is 5.25. The van der Waals surface area contributed by atoms with Crippen molar-refractivity contribution in [1.82, 2.24) is 15.3 Å². The van der Waals surface area contributed by atoms with Gasteiger partial charge in [0.2, 0.25) is 0 Å². The van der Waals surface area contributed by atoms with E-state index in [1.165, 1.54) is 0 Å². The van der Waals surface area contributed by atoms with Gasteiger partial charge in [0, 0.05) is 32.0 Å². The molecule has 80 valence electrons. The van der Waals surface area contributed by atoms with E-state index in [4.69, 9.17) is 4.74 Å². The van der Waals surface area contributed by atoms with Gasteiger partial charge in [-0.15, -0.1) is 0 Å². The van der Waals surface area contributed by atoms with Crippen LogP contribution < -0.4 is 5.32 Å². The third-order valence-electron chi connectivity index (χ3n) is 2.05. The summed E-state index contributed by atoms with van der Waals surface area (Å²) in [5.41, 5.74) is 0. The lowest BCUT2D eigenvalue weighted by atomic mass is 10.2. The van der Waals surface area contributed by atoms with E-state index in [2.05, 4.69) is 22.2 Å². The van der Waals surface area contributed by atoms with Gasteiger partial charge in [-0.25, -0.2) is 4.98 Å². The van der Waals surface area contributed by atoms with Gasteiger partial charge in [-0.2, -0.15) is 0 Å². The molecule has 1 aromatic heterocycles. The van der Waals surface area contributed by atoms with Crippen molar-refractivity contribution >= 4 is 0 Å². The van der Waals surface area contributed by atoms with Gasteiger partial charge in [0.1, 0.15) is 5.82 Å². The van der Waals surface area contributed by atoms with Gasteiger partial charge in [0.25, 0.3) is 0 Å². The van der Waals surface area contributed by atoms with Crippen LogP contribution in [0.3, 0.4) is 0 Å². The van der Waals surface area contributed by atoms with Gasteiger partial charge >= 0.3 is 0 Å². The van der Waals surface area contributed by atoms with E-state index >= 15 is 0 Å². The van der Waals surface area contributed by atoms with Crippen LogP contribution in [0.2, 0.25) is 0 Å². The molecule has 0 saturated heterocycles. The maximum absolute atomic E-state index is 5.03. The molecule has 0 aliphatic heterocycles. The largest absolute Gasteiger partial charge is 0.383 e. The monoisotopic (exact) mass is 197 g/mol. The maximum Gasteiger partial charge on any atom is 0.106 e. The first kappa shape index (κ1) is 11.2. The molecule has 0 radical (unpaired) electrons. The summed E-state index contributed by atoms with van der Waals surface area (Å²) < 4.78 is 5.03. The zero-order chi connectivity index (χ0) is 10.2. The Morgan fingerprint density at radius 3 is 3.14 bits per heavy atom. The third-order valence-corrected chi connectivity index (χ3v) is 2.05. The first-order valence-electron chi connectivity index (χ1n) is 5.03. The molecule has 14 heavy (non-hydrogen) atoms. The molecule has 0 amide bonds. The number of rotatable bonds is 7. The molecule has 0 aliphatic carbocycles. The highest BCUT2D eigenvalue weighted by molar-refractivity contribution is 4.86. The minimum absolute atomic E-state index is 0.427. The van der Waals surface area contributed by atoms with Crippen LogP contribution in [0, 0.1) is 0 Å². The van der Waals surface area contributed by atoms with Crippen LogP contribution in [-0.2, 0) is 11.2 Å². The molecule has 1 rings (SSSR count). The second kappa shape index (κ2) is 6.56. The van der Waals surface area contributed by atoms with Crippen molar-refractivity contribution in [2.24, 2.45) is 0 Å². The Bertz CT molecular complexity index is 223. The highest BCUT2D eigenvalue weighted by Gasteiger charge is 1.99. The standard InChI is InChI=1S/C10H19N3O/c1-9(8-14-2)11-5-3-4-10-12-6-7-13-10/h6-7,9,11H,3-5,8H2,1-2H3,(H,12,13). The van der Waals surface area contributed by atoms with Crippen LogP contribution in [0.1, 0.15) is 19.2 Å². The molecule has 0 aromatic carbocycles. The van der Waals surface area contributed by atoms with Crippen LogP contribution >= 0.6 is 0 Å². The van der Waals surface area contributed by atoms with Gasteiger partial charge in [0.05, 0.1) is 6.61 Å². The van der Waals surface area contributed by atoms with Crippen molar-refractivity contribution in [1.29, 1.82) is 0 Å². The first-order chi connectivity index (χ1) is 6.83. The highest BCUT2D eigenvalue weighted by atomic mass is 16.5. The van der Waals surface area contributed by atoms with E-state index in [0.29, 0.717) is 6.04 Å². The molecule has 4 heteroatoms. The summed E-state index contributed by atoms with van der Waals surface area (Å²) in [7, 11) is 1.72. The molecule has 0 aliphatic rings. The topological polar surface area (TPSA) is 49.9 Å². The molecule has 0 bridgehead atoms. The van der Waals surface area contributed by atoms with Crippen molar-refractivity contribution < 1.29 is 4.74 Å². The van der Waals surface area contributed by atoms with Crippen LogP contribution in [-0.4, -0.2) is 36.3 Å². The Hall–Kier alpha value is -0.870. The van der Waals surface area contributed by atoms with Gasteiger partial charge in [0.15, 0.2) is 0 Å². The van der Waals surface area contributed by atoms with Crippen LogP contribution in [0.25, 0.3) is 0 Å². The molecule has 1 heterocycles. The molecule has 0 saturated carbocycles. The maximum atomic E-state index is 5.03. The summed E-state index contributed by atoms with van der Waals surface area (Å²) in [4.78, 5) is 7.25. The number of imidazole rings is 1. The normalized spacial score (nSPS) is 13.0. The smallest absolute Gasteiger partial charge is 0.106 e. The number of aromatic nitrogens is 2. The van der Waals surface area contributed by atoms with Gasteiger partial charge in [-0.1, -0.05) is 0 Å². The second-order valence-corrected chi connectivity index (χ2v) is 3.45. The first-order valence-corrected chi connectivity index (χ1v) is 5.03. The van der Waals surface area contributed by atoms with Gasteiger partial charge < -0.3 is 15.0 Å². The molecule has 0 spiro atoms. The summed E-state index contributed by atoms with van der Waals surface area (Å²) in [5.74, 6) is 1.06. The van der Waals surface area contributed by atoms with Crippen molar-refractivity contribution in [3.05, 3.63) is 18.2 Å². The Morgan fingerprint density at radius 2 is 2.50 bits per heavy atom. The van der Waals surface area contributed by atoms with E-state index in [-0.39, 0.29) is 0 Å². The van der Waals surface area contributed by atoms with Crippen molar-refractivity contribution in [3.63, 3.8) is 0 Å². The SMILES string of the molecule is COCC(C)NCCCc1ncc[nH]1. The lowest BCUT2D eigenvalue weighted by Gasteiger charge is -2.11. The van der Waals surface area contributed by atoms with E-state index in [0.717, 1.165) is 31.8 Å². The highest BCUT2D eigenvalue weighted by Crippen LogP contribution is 1.94. The Balaban J connectivity index is 1.99. The molecular weight excluding hydrogens is 178 g/mol. The number of methoxy groups -OCH3 is 1. The summed E-state index contributed by atoms with van der Waals surface area (Å²) >= 11 is 0. The summed E-state index contributed by atoms with van der Waals surface area (Å²) in [6.45, 7) is 3.89. The van der Waals surface area contributed by atoms with E-state index in [1.54, 1.807) is 13.3 Å². The molecule has 2 N–H and O–H groups in total. The lowest BCUT2D eigenvalue weighted by molar-refractivity contribution is 0.172. The average Bonchev–Trinajstić information content (AvgIpc) is 2.65. The van der Waals surface area contributed by atoms with E-state index < -0.39 is 0 Å².